The van der Waals surface area contributed by atoms with Gasteiger partial charge in [-0.3, -0.25) is 0 Å². The van der Waals surface area contributed by atoms with Gasteiger partial charge < -0.3 is 22.9 Å². The molecule has 16 rings (SSSR count). The van der Waals surface area contributed by atoms with Gasteiger partial charge in [0.1, 0.15) is 22.3 Å². The minimum Gasteiger partial charge on any atom is -0.456 e. The van der Waals surface area contributed by atoms with E-state index in [-0.39, 0.29) is 12.0 Å². The van der Waals surface area contributed by atoms with Crippen LogP contribution in [-0.4, -0.2) is 15.2 Å². The summed E-state index contributed by atoms with van der Waals surface area (Å²) in [6.07, 6.45) is 9.09. The molecule has 2 atom stereocenters. The average molecular weight is 908 g/mol. The summed E-state index contributed by atoms with van der Waals surface area (Å²) in [7, 11) is 0. The van der Waals surface area contributed by atoms with E-state index < -0.39 is 0 Å². The Morgan fingerprint density at radius 2 is 0.789 bits per heavy atom. The molecule has 0 N–H and O–H groups in total. The van der Waals surface area contributed by atoms with Crippen LogP contribution in [0.5, 0.6) is 0 Å². The van der Waals surface area contributed by atoms with Crippen LogP contribution in [0.25, 0.3) is 121 Å². The fraction of sp³-hybridized carbons (Fsp3) is 0.0303. The summed E-state index contributed by atoms with van der Waals surface area (Å²) in [4.78, 5) is 2.49. The van der Waals surface area contributed by atoms with Gasteiger partial charge in [0, 0.05) is 83.9 Å². The molecular formula is C66H41N3O2. The van der Waals surface area contributed by atoms with Crippen molar-refractivity contribution in [3.8, 4) is 33.6 Å². The van der Waals surface area contributed by atoms with Gasteiger partial charge in [-0.25, -0.2) is 0 Å². The van der Waals surface area contributed by atoms with E-state index >= 15 is 0 Å². The summed E-state index contributed by atoms with van der Waals surface area (Å²) >= 11 is 0. The minimum absolute atomic E-state index is 0.166. The lowest BCUT2D eigenvalue weighted by Crippen LogP contribution is -2.28. The lowest BCUT2D eigenvalue weighted by Gasteiger charge is -2.28. The van der Waals surface area contributed by atoms with Crippen molar-refractivity contribution in [1.82, 2.24) is 9.13 Å². The van der Waals surface area contributed by atoms with Crippen LogP contribution in [0, 0.1) is 0 Å². The molecule has 0 spiro atoms. The van der Waals surface area contributed by atoms with E-state index in [9.17, 15) is 0 Å². The van der Waals surface area contributed by atoms with E-state index in [1.54, 1.807) is 0 Å². The summed E-state index contributed by atoms with van der Waals surface area (Å²) in [5.74, 6) is 0.222. The molecule has 71 heavy (non-hydrogen) atoms. The first-order valence-corrected chi connectivity index (χ1v) is 24.5. The highest BCUT2D eigenvalue weighted by atomic mass is 16.3. The van der Waals surface area contributed by atoms with Crippen LogP contribution in [0.3, 0.4) is 0 Å². The second kappa shape index (κ2) is 14.6. The summed E-state index contributed by atoms with van der Waals surface area (Å²) in [6, 6.07) is 77.6. The Balaban J connectivity index is 0.823. The topological polar surface area (TPSA) is 39.4 Å². The predicted molar refractivity (Wildman–Crippen MR) is 294 cm³/mol. The van der Waals surface area contributed by atoms with E-state index in [0.717, 1.165) is 66.5 Å². The Kier molecular flexibility index (Phi) is 7.94. The minimum atomic E-state index is 0.166. The van der Waals surface area contributed by atoms with Crippen molar-refractivity contribution in [2.45, 2.75) is 12.0 Å². The zero-order chi connectivity index (χ0) is 46.3. The molecule has 14 aromatic rings. The van der Waals surface area contributed by atoms with Crippen molar-refractivity contribution in [3.63, 3.8) is 0 Å². The Labute approximate surface area is 407 Å². The van der Waals surface area contributed by atoms with Crippen LogP contribution in [0.1, 0.15) is 11.5 Å². The van der Waals surface area contributed by atoms with E-state index in [2.05, 4.69) is 232 Å². The maximum absolute atomic E-state index is 6.38. The van der Waals surface area contributed by atoms with Crippen molar-refractivity contribution in [2.24, 2.45) is 0 Å². The van der Waals surface area contributed by atoms with Gasteiger partial charge in [0.15, 0.2) is 0 Å². The third-order valence-electron chi connectivity index (χ3n) is 15.4. The molecule has 1 aliphatic carbocycles. The van der Waals surface area contributed by atoms with Crippen molar-refractivity contribution in [3.05, 3.63) is 242 Å². The molecule has 5 nitrogen and oxygen atoms in total. The number of aromatic nitrogens is 2. The van der Waals surface area contributed by atoms with Crippen molar-refractivity contribution in [2.75, 3.05) is 4.90 Å². The van der Waals surface area contributed by atoms with Crippen LogP contribution < -0.4 is 4.90 Å². The Morgan fingerprint density at radius 3 is 1.45 bits per heavy atom. The summed E-state index contributed by atoms with van der Waals surface area (Å²) in [5, 5.41) is 9.44. The number of furan rings is 2. The number of para-hydroxylation sites is 4. The van der Waals surface area contributed by atoms with Gasteiger partial charge >= 0.3 is 0 Å². The molecule has 0 amide bonds. The molecule has 5 heteroatoms. The first-order valence-electron chi connectivity index (χ1n) is 24.5. The van der Waals surface area contributed by atoms with E-state index in [1.165, 1.54) is 71.6 Å². The maximum Gasteiger partial charge on any atom is 0.137 e. The Bertz CT molecular complexity index is 4620. The molecule has 2 aliphatic rings. The summed E-state index contributed by atoms with van der Waals surface area (Å²) in [6.45, 7) is 0. The Morgan fingerprint density at radius 1 is 0.310 bits per heavy atom. The van der Waals surface area contributed by atoms with Gasteiger partial charge in [-0.05, 0) is 131 Å². The van der Waals surface area contributed by atoms with Crippen LogP contribution in [-0.2, 0) is 0 Å². The molecule has 10 aromatic carbocycles. The first kappa shape index (κ1) is 38.6. The third kappa shape index (κ3) is 5.63. The standard InChI is InChI=1S/C66H41N3O2/c1-2-12-44(13-3-1)67-61-32-24-42(40-22-30-59-53(34-40)47-14-4-8-18-57(47)68(59)45-26-28-51-49-16-6-10-20-63(49)70-65(51)38-45)36-55(61)56-37-43(25-33-62(56)67)41-23-31-60-54(35-41)48-15-5-9-19-58(48)69(60)46-27-29-52-50-17-7-11-21-64(50)71-66(52)39-46/h1-39,47,57H. The highest BCUT2D eigenvalue weighted by Crippen LogP contribution is 2.50. The smallest absolute Gasteiger partial charge is 0.137 e. The van der Waals surface area contributed by atoms with Gasteiger partial charge in [0.25, 0.3) is 0 Å². The van der Waals surface area contributed by atoms with E-state index in [0.29, 0.717) is 0 Å². The number of fused-ring (bicyclic) bond motifs is 15. The number of anilines is 2. The van der Waals surface area contributed by atoms with Gasteiger partial charge in [0.05, 0.1) is 28.1 Å². The second-order valence-electron chi connectivity index (χ2n) is 19.2. The number of allylic oxidation sites excluding steroid dienone is 2. The van der Waals surface area contributed by atoms with Crippen LogP contribution in [0.4, 0.5) is 11.4 Å². The number of hydrogen-bond acceptors (Lipinski definition) is 3. The zero-order valence-electron chi connectivity index (χ0n) is 38.3. The highest BCUT2D eigenvalue weighted by molar-refractivity contribution is 6.14. The van der Waals surface area contributed by atoms with Crippen molar-refractivity contribution >= 4 is 98.9 Å². The van der Waals surface area contributed by atoms with E-state index in [4.69, 9.17) is 8.83 Å². The monoisotopic (exact) mass is 907 g/mol. The first-order chi connectivity index (χ1) is 35.2. The third-order valence-corrected chi connectivity index (χ3v) is 15.4. The lowest BCUT2D eigenvalue weighted by atomic mass is 9.89. The van der Waals surface area contributed by atoms with Crippen molar-refractivity contribution in [1.29, 1.82) is 0 Å². The fourth-order valence-electron chi connectivity index (χ4n) is 12.2. The number of rotatable bonds is 5. The maximum atomic E-state index is 6.38. The van der Waals surface area contributed by atoms with Gasteiger partial charge in [-0.2, -0.15) is 0 Å². The second-order valence-corrected chi connectivity index (χ2v) is 19.2. The predicted octanol–water partition coefficient (Wildman–Crippen LogP) is 17.7. The van der Waals surface area contributed by atoms with Gasteiger partial charge in [-0.1, -0.05) is 121 Å². The lowest BCUT2D eigenvalue weighted by molar-refractivity contribution is 0.668. The van der Waals surface area contributed by atoms with Gasteiger partial charge in [-0.15, -0.1) is 0 Å². The molecule has 5 heterocycles. The Hall–Kier alpha value is -9.32. The zero-order valence-corrected chi connectivity index (χ0v) is 38.3. The fourth-order valence-corrected chi connectivity index (χ4v) is 12.2. The molecule has 4 aromatic heterocycles. The highest BCUT2D eigenvalue weighted by Gasteiger charge is 2.38. The molecule has 0 saturated heterocycles. The SMILES string of the molecule is C1=CC2c3cc(-c4ccc5c(c4)c4cc(-c6ccc7c(c6)c6ccccc6n7-c6ccc7c(c6)oc6ccccc67)ccc4n5-c4ccccc4)ccc3N(c3ccc4c(c3)oc3ccccc34)C2C=C1. The molecule has 0 radical (unpaired) electrons. The molecule has 0 saturated carbocycles. The average Bonchev–Trinajstić information content (AvgIpc) is 4.24. The molecule has 0 fully saturated rings. The molecule has 332 valence electrons. The largest absolute Gasteiger partial charge is 0.456 e. The number of benzene rings is 10. The summed E-state index contributed by atoms with van der Waals surface area (Å²) < 4.78 is 17.5. The quantitative estimate of drug-likeness (QED) is 0.173. The van der Waals surface area contributed by atoms with Gasteiger partial charge in [0.2, 0.25) is 0 Å². The van der Waals surface area contributed by atoms with Crippen molar-refractivity contribution < 1.29 is 8.83 Å². The normalized spacial score (nSPS) is 15.5. The molecule has 0 bridgehead atoms. The summed E-state index contributed by atoms with van der Waals surface area (Å²) in [5.41, 5.74) is 19.0. The number of hydrogen-bond donors (Lipinski definition) is 0. The van der Waals surface area contributed by atoms with Crippen LogP contribution in [0.15, 0.2) is 245 Å². The molecular weight excluding hydrogens is 867 g/mol. The molecule has 1 aliphatic heterocycles. The van der Waals surface area contributed by atoms with E-state index in [1.807, 2.05) is 18.2 Å². The van der Waals surface area contributed by atoms with Crippen LogP contribution >= 0.6 is 0 Å². The van der Waals surface area contributed by atoms with Crippen LogP contribution in [0.2, 0.25) is 0 Å². The number of nitrogens with zero attached hydrogens (tertiary/aromatic N) is 3. The molecule has 2 unspecified atom stereocenters.